The van der Waals surface area contributed by atoms with Gasteiger partial charge >= 0.3 is 0 Å². The monoisotopic (exact) mass is 370 g/mol. The van der Waals surface area contributed by atoms with Gasteiger partial charge in [0.05, 0.1) is 10.9 Å². The number of sulfonamides is 1. The number of rotatable bonds is 3. The number of amides is 1. The smallest absolute Gasteiger partial charge is 0.243 e. The fraction of sp³-hybridized carbons (Fsp3) is 0.350. The molecule has 5 nitrogen and oxygen atoms in total. The Hall–Kier alpha value is -2.18. The van der Waals surface area contributed by atoms with Crippen molar-refractivity contribution in [3.8, 4) is 0 Å². The molecule has 1 fully saturated rings. The van der Waals surface area contributed by atoms with E-state index in [1.807, 2.05) is 31.2 Å². The molecule has 136 valence electrons. The van der Waals surface area contributed by atoms with Crippen LogP contribution < -0.4 is 5.32 Å². The maximum atomic E-state index is 13.3. The van der Waals surface area contributed by atoms with E-state index in [4.69, 9.17) is 0 Å². The predicted octanol–water partition coefficient (Wildman–Crippen LogP) is 3.41. The lowest BCUT2D eigenvalue weighted by molar-refractivity contribution is -0.116. The highest BCUT2D eigenvalue weighted by Gasteiger charge is 2.36. The molecule has 1 N–H and O–H groups in total. The normalized spacial score (nSPS) is 20.7. The third-order valence-corrected chi connectivity index (χ3v) is 7.15. The largest absolute Gasteiger partial charge is 0.326 e. The Morgan fingerprint density at radius 2 is 1.85 bits per heavy atom. The van der Waals surface area contributed by atoms with Crippen LogP contribution in [0.25, 0.3) is 0 Å². The molecule has 0 radical (unpaired) electrons. The summed E-state index contributed by atoms with van der Waals surface area (Å²) >= 11 is 0. The first-order valence-electron chi connectivity index (χ1n) is 8.96. The van der Waals surface area contributed by atoms with Crippen molar-refractivity contribution < 1.29 is 13.2 Å². The van der Waals surface area contributed by atoms with Crippen LogP contribution >= 0.6 is 0 Å². The van der Waals surface area contributed by atoms with Crippen molar-refractivity contribution in [2.24, 2.45) is 0 Å². The molecular weight excluding hydrogens is 348 g/mol. The molecule has 4 rings (SSSR count). The fourth-order valence-corrected chi connectivity index (χ4v) is 5.54. The van der Waals surface area contributed by atoms with Gasteiger partial charge in [0.25, 0.3) is 0 Å². The van der Waals surface area contributed by atoms with Crippen LogP contribution in [0.2, 0.25) is 0 Å². The molecule has 2 heterocycles. The standard InChI is InChI=1S/C20H22N2O3S/c1-14-4-6-15(7-5-14)19-3-2-12-22(19)26(24,25)17-9-10-18-16(13-17)8-11-20(23)21-18/h4-7,9-10,13,19H,2-3,8,11-12H2,1H3,(H,21,23). The Labute approximate surface area is 154 Å². The van der Waals surface area contributed by atoms with Gasteiger partial charge in [0.2, 0.25) is 15.9 Å². The minimum absolute atomic E-state index is 0.0212. The number of carbonyl (C=O) groups is 1. The Bertz CT molecular complexity index is 952. The summed E-state index contributed by atoms with van der Waals surface area (Å²) in [6.45, 7) is 2.56. The SMILES string of the molecule is Cc1ccc(C2CCCN2S(=O)(=O)c2ccc3c(c2)CCC(=O)N3)cc1. The summed E-state index contributed by atoms with van der Waals surface area (Å²) in [5.74, 6) is -0.0212. The number of benzene rings is 2. The third kappa shape index (κ3) is 3.04. The van der Waals surface area contributed by atoms with Crippen molar-refractivity contribution in [3.05, 3.63) is 59.2 Å². The van der Waals surface area contributed by atoms with Gasteiger partial charge in [0.1, 0.15) is 0 Å². The molecule has 0 saturated carbocycles. The molecule has 0 aromatic heterocycles. The number of nitrogens with one attached hydrogen (secondary N) is 1. The summed E-state index contributed by atoms with van der Waals surface area (Å²) in [5, 5.41) is 2.80. The van der Waals surface area contributed by atoms with Crippen LogP contribution in [0.5, 0.6) is 0 Å². The third-order valence-electron chi connectivity index (χ3n) is 5.24. The van der Waals surface area contributed by atoms with Crippen LogP contribution in [0.15, 0.2) is 47.4 Å². The fourth-order valence-electron chi connectivity index (χ4n) is 3.81. The lowest BCUT2D eigenvalue weighted by Crippen LogP contribution is -2.31. The molecule has 1 saturated heterocycles. The molecule has 1 amide bonds. The zero-order valence-corrected chi connectivity index (χ0v) is 15.6. The Morgan fingerprint density at radius 3 is 2.62 bits per heavy atom. The van der Waals surface area contributed by atoms with Gasteiger partial charge < -0.3 is 5.32 Å². The van der Waals surface area contributed by atoms with Gasteiger partial charge in [-0.1, -0.05) is 29.8 Å². The second kappa shape index (κ2) is 6.52. The zero-order chi connectivity index (χ0) is 18.3. The summed E-state index contributed by atoms with van der Waals surface area (Å²) in [7, 11) is -3.57. The van der Waals surface area contributed by atoms with Crippen LogP contribution in [-0.2, 0) is 21.2 Å². The number of nitrogens with zero attached hydrogens (tertiary/aromatic N) is 1. The van der Waals surface area contributed by atoms with Crippen molar-refractivity contribution in [3.63, 3.8) is 0 Å². The topological polar surface area (TPSA) is 66.5 Å². The Balaban J connectivity index is 1.67. The maximum Gasteiger partial charge on any atom is 0.243 e. The van der Waals surface area contributed by atoms with Crippen LogP contribution in [0.4, 0.5) is 5.69 Å². The predicted molar refractivity (Wildman–Crippen MR) is 100 cm³/mol. The molecule has 26 heavy (non-hydrogen) atoms. The number of aryl methyl sites for hydroxylation is 2. The van der Waals surface area contributed by atoms with Crippen LogP contribution in [-0.4, -0.2) is 25.2 Å². The van der Waals surface area contributed by atoms with Crippen molar-refractivity contribution >= 4 is 21.6 Å². The molecule has 6 heteroatoms. The highest BCUT2D eigenvalue weighted by atomic mass is 32.2. The van der Waals surface area contributed by atoms with Gasteiger partial charge in [-0.25, -0.2) is 8.42 Å². The second-order valence-electron chi connectivity index (χ2n) is 7.05. The summed E-state index contributed by atoms with van der Waals surface area (Å²) in [6.07, 6.45) is 2.67. The van der Waals surface area contributed by atoms with E-state index in [1.165, 1.54) is 0 Å². The second-order valence-corrected chi connectivity index (χ2v) is 8.94. The first-order chi connectivity index (χ1) is 12.4. The minimum Gasteiger partial charge on any atom is -0.326 e. The van der Waals surface area contributed by atoms with Crippen LogP contribution in [0, 0.1) is 6.92 Å². The summed E-state index contributed by atoms with van der Waals surface area (Å²) in [5.41, 5.74) is 3.81. The highest BCUT2D eigenvalue weighted by Crippen LogP contribution is 2.37. The molecule has 2 aliphatic rings. The van der Waals surface area contributed by atoms with Gasteiger partial charge in [0.15, 0.2) is 0 Å². The van der Waals surface area contributed by atoms with E-state index >= 15 is 0 Å². The molecule has 0 spiro atoms. The first kappa shape index (κ1) is 17.2. The van der Waals surface area contributed by atoms with E-state index in [1.54, 1.807) is 22.5 Å². The molecule has 2 aliphatic heterocycles. The lowest BCUT2D eigenvalue weighted by atomic mass is 10.0. The molecule has 1 unspecified atom stereocenters. The van der Waals surface area contributed by atoms with Crippen molar-refractivity contribution in [2.45, 2.75) is 43.5 Å². The number of fused-ring (bicyclic) bond motifs is 1. The van der Waals surface area contributed by atoms with Gasteiger partial charge in [-0.15, -0.1) is 0 Å². The molecular formula is C20H22N2O3S. The number of anilines is 1. The number of carbonyl (C=O) groups excluding carboxylic acids is 1. The van der Waals surface area contributed by atoms with E-state index in [2.05, 4.69) is 5.32 Å². The summed E-state index contributed by atoms with van der Waals surface area (Å²) < 4.78 is 28.2. The summed E-state index contributed by atoms with van der Waals surface area (Å²) in [4.78, 5) is 11.8. The summed E-state index contributed by atoms with van der Waals surface area (Å²) in [6, 6.07) is 13.0. The van der Waals surface area contributed by atoms with Crippen molar-refractivity contribution in [1.82, 2.24) is 4.31 Å². The lowest BCUT2D eigenvalue weighted by Gasteiger charge is -2.25. The van der Waals surface area contributed by atoms with Crippen molar-refractivity contribution in [1.29, 1.82) is 0 Å². The van der Waals surface area contributed by atoms with Gasteiger partial charge in [-0.05, 0) is 55.5 Å². The van der Waals surface area contributed by atoms with E-state index in [-0.39, 0.29) is 11.9 Å². The molecule has 1 atom stereocenters. The molecule has 0 bridgehead atoms. The van der Waals surface area contributed by atoms with E-state index in [9.17, 15) is 13.2 Å². The van der Waals surface area contributed by atoms with E-state index < -0.39 is 10.0 Å². The van der Waals surface area contributed by atoms with Gasteiger partial charge in [0, 0.05) is 18.7 Å². The Morgan fingerprint density at radius 1 is 1.08 bits per heavy atom. The highest BCUT2D eigenvalue weighted by molar-refractivity contribution is 7.89. The quantitative estimate of drug-likeness (QED) is 0.900. The van der Waals surface area contributed by atoms with E-state index in [0.717, 1.165) is 35.2 Å². The van der Waals surface area contributed by atoms with Crippen molar-refractivity contribution in [2.75, 3.05) is 11.9 Å². The molecule has 0 aliphatic carbocycles. The number of hydrogen-bond donors (Lipinski definition) is 1. The molecule has 2 aromatic rings. The average molecular weight is 370 g/mol. The maximum absolute atomic E-state index is 13.3. The van der Waals surface area contributed by atoms with E-state index in [0.29, 0.717) is 24.3 Å². The van der Waals surface area contributed by atoms with Crippen LogP contribution in [0.3, 0.4) is 0 Å². The van der Waals surface area contributed by atoms with Gasteiger partial charge in [-0.2, -0.15) is 4.31 Å². The van der Waals surface area contributed by atoms with Gasteiger partial charge in [-0.3, -0.25) is 4.79 Å². The first-order valence-corrected chi connectivity index (χ1v) is 10.4. The average Bonchev–Trinajstić information content (AvgIpc) is 3.12. The zero-order valence-electron chi connectivity index (χ0n) is 14.7. The minimum atomic E-state index is -3.57. The van der Waals surface area contributed by atoms with Crippen LogP contribution in [0.1, 0.15) is 42.0 Å². The number of hydrogen-bond acceptors (Lipinski definition) is 3. The molecule has 2 aromatic carbocycles. The Kier molecular flexibility index (Phi) is 4.32.